The molecule has 6 heteroatoms. The average molecular weight is 223 g/mol. The topological polar surface area (TPSA) is 83.5 Å². The van der Waals surface area contributed by atoms with E-state index in [1.54, 1.807) is 13.8 Å². The summed E-state index contributed by atoms with van der Waals surface area (Å²) in [5.41, 5.74) is -2.21. The summed E-state index contributed by atoms with van der Waals surface area (Å²) in [6.45, 7) is 6.05. The van der Waals surface area contributed by atoms with Gasteiger partial charge >= 0.3 is 5.97 Å². The second-order valence-electron chi connectivity index (χ2n) is 4.43. The molecule has 0 atom stereocenters. The van der Waals surface area contributed by atoms with E-state index in [2.05, 4.69) is 4.72 Å². The normalized spacial score (nSPS) is 14.1. The summed E-state index contributed by atoms with van der Waals surface area (Å²) < 4.78 is 24.3. The molecule has 0 saturated heterocycles. The third-order valence-electron chi connectivity index (χ3n) is 2.54. The predicted molar refractivity (Wildman–Crippen MR) is 53.5 cm³/mol. The molecule has 0 saturated carbocycles. The lowest BCUT2D eigenvalue weighted by Gasteiger charge is -2.37. The first-order valence-corrected chi connectivity index (χ1v) is 6.01. The van der Waals surface area contributed by atoms with Crippen LogP contribution in [-0.4, -0.2) is 31.3 Å². The Balaban J connectivity index is 5.06. The lowest BCUT2D eigenvalue weighted by atomic mass is 9.75. The molecular weight excluding hydrogens is 206 g/mol. The van der Waals surface area contributed by atoms with Crippen LogP contribution < -0.4 is 4.72 Å². The highest BCUT2D eigenvalue weighted by Crippen LogP contribution is 2.31. The maximum absolute atomic E-state index is 11.0. The fraction of sp³-hybridized carbons (Fsp3) is 0.875. The van der Waals surface area contributed by atoms with E-state index in [0.29, 0.717) is 0 Å². The zero-order valence-corrected chi connectivity index (χ0v) is 9.90. The summed E-state index contributed by atoms with van der Waals surface area (Å²) in [6, 6.07) is 0. The molecule has 0 aliphatic rings. The highest BCUT2D eigenvalue weighted by Gasteiger charge is 2.44. The monoisotopic (exact) mass is 223 g/mol. The number of hydrogen-bond acceptors (Lipinski definition) is 3. The van der Waals surface area contributed by atoms with Gasteiger partial charge in [-0.2, -0.15) is 0 Å². The lowest BCUT2D eigenvalue weighted by Crippen LogP contribution is -2.56. The fourth-order valence-electron chi connectivity index (χ4n) is 0.858. The van der Waals surface area contributed by atoms with Crippen molar-refractivity contribution in [2.45, 2.75) is 33.2 Å². The quantitative estimate of drug-likeness (QED) is 0.723. The van der Waals surface area contributed by atoms with Gasteiger partial charge in [0.05, 0.1) is 11.7 Å². The molecule has 0 radical (unpaired) electrons. The van der Waals surface area contributed by atoms with Crippen LogP contribution in [0.5, 0.6) is 0 Å². The molecule has 2 N–H and O–H groups in total. The van der Waals surface area contributed by atoms with Crippen molar-refractivity contribution in [3.05, 3.63) is 0 Å². The van der Waals surface area contributed by atoms with E-state index in [1.807, 2.05) is 0 Å². The van der Waals surface area contributed by atoms with Gasteiger partial charge in [0.25, 0.3) is 0 Å². The number of aliphatic carboxylic acids is 1. The molecule has 0 spiro atoms. The standard InChI is InChI=1S/C8H17NO4S/c1-7(2,6(10)11)8(3,4)9-14(5,12)13/h9H,1-5H3,(H,10,11). The number of carbonyl (C=O) groups is 1. The third kappa shape index (κ3) is 2.95. The molecule has 0 aliphatic heterocycles. The maximum Gasteiger partial charge on any atom is 0.310 e. The van der Waals surface area contributed by atoms with Crippen LogP contribution in [0.4, 0.5) is 0 Å². The Morgan fingerprint density at radius 3 is 1.79 bits per heavy atom. The zero-order valence-electron chi connectivity index (χ0n) is 9.08. The largest absolute Gasteiger partial charge is 0.481 e. The Kier molecular flexibility index (Phi) is 3.35. The van der Waals surface area contributed by atoms with E-state index in [1.165, 1.54) is 13.8 Å². The third-order valence-corrected chi connectivity index (χ3v) is 3.42. The fourth-order valence-corrected chi connectivity index (χ4v) is 2.04. The molecule has 0 amide bonds. The van der Waals surface area contributed by atoms with E-state index >= 15 is 0 Å². The molecule has 14 heavy (non-hydrogen) atoms. The van der Waals surface area contributed by atoms with Gasteiger partial charge < -0.3 is 5.11 Å². The second kappa shape index (κ2) is 3.51. The van der Waals surface area contributed by atoms with Crippen molar-refractivity contribution in [2.75, 3.05) is 6.26 Å². The van der Waals surface area contributed by atoms with Crippen LogP contribution in [0.15, 0.2) is 0 Å². The second-order valence-corrected chi connectivity index (χ2v) is 6.18. The number of carboxylic acid groups (broad SMARTS) is 1. The molecule has 0 heterocycles. The van der Waals surface area contributed by atoms with Crippen molar-refractivity contribution in [1.29, 1.82) is 0 Å². The van der Waals surface area contributed by atoms with Crippen LogP contribution in [-0.2, 0) is 14.8 Å². The minimum absolute atomic E-state index is 1.01. The van der Waals surface area contributed by atoms with Crippen molar-refractivity contribution >= 4 is 16.0 Å². The van der Waals surface area contributed by atoms with Crippen LogP contribution in [0.3, 0.4) is 0 Å². The smallest absolute Gasteiger partial charge is 0.310 e. The lowest BCUT2D eigenvalue weighted by molar-refractivity contribution is -0.150. The zero-order chi connectivity index (χ0) is 11.8. The van der Waals surface area contributed by atoms with Crippen LogP contribution >= 0.6 is 0 Å². The van der Waals surface area contributed by atoms with Gasteiger partial charge in [-0.3, -0.25) is 4.79 Å². The Bertz CT molecular complexity index is 329. The molecule has 0 aromatic heterocycles. The SMILES string of the molecule is CC(C)(NS(C)(=O)=O)C(C)(C)C(=O)O. The summed E-state index contributed by atoms with van der Waals surface area (Å²) in [5.74, 6) is -1.04. The van der Waals surface area contributed by atoms with Crippen molar-refractivity contribution < 1.29 is 18.3 Å². The highest BCUT2D eigenvalue weighted by atomic mass is 32.2. The summed E-state index contributed by atoms with van der Waals surface area (Å²) in [5, 5.41) is 8.94. The Hall–Kier alpha value is -0.620. The van der Waals surface area contributed by atoms with Crippen LogP contribution in [0.25, 0.3) is 0 Å². The summed E-state index contributed by atoms with van der Waals surface area (Å²) in [7, 11) is -3.41. The summed E-state index contributed by atoms with van der Waals surface area (Å²) in [4.78, 5) is 10.9. The van der Waals surface area contributed by atoms with Crippen molar-refractivity contribution in [2.24, 2.45) is 5.41 Å². The first-order valence-electron chi connectivity index (χ1n) is 4.12. The van der Waals surface area contributed by atoms with Gasteiger partial charge in [0.1, 0.15) is 0 Å². The van der Waals surface area contributed by atoms with Gasteiger partial charge in [0.2, 0.25) is 10.0 Å². The molecule has 84 valence electrons. The van der Waals surface area contributed by atoms with Gasteiger partial charge in [-0.15, -0.1) is 0 Å². The molecule has 0 aromatic carbocycles. The molecule has 0 bridgehead atoms. The molecule has 0 aliphatic carbocycles. The Labute approximate surface area is 84.6 Å². The minimum atomic E-state index is -3.41. The first-order chi connectivity index (χ1) is 5.90. The van der Waals surface area contributed by atoms with Crippen molar-refractivity contribution in [3.63, 3.8) is 0 Å². The molecule has 0 unspecified atom stereocenters. The number of carboxylic acids is 1. The Morgan fingerprint density at radius 2 is 1.57 bits per heavy atom. The van der Waals surface area contributed by atoms with Gasteiger partial charge in [-0.25, -0.2) is 13.1 Å². The van der Waals surface area contributed by atoms with Crippen LogP contribution in [0.2, 0.25) is 0 Å². The first kappa shape index (κ1) is 13.4. The van der Waals surface area contributed by atoms with E-state index in [4.69, 9.17) is 5.11 Å². The van der Waals surface area contributed by atoms with E-state index < -0.39 is 26.9 Å². The van der Waals surface area contributed by atoms with E-state index in [-0.39, 0.29) is 0 Å². The van der Waals surface area contributed by atoms with Crippen LogP contribution in [0.1, 0.15) is 27.7 Å². The maximum atomic E-state index is 11.0. The van der Waals surface area contributed by atoms with E-state index in [0.717, 1.165) is 6.26 Å². The average Bonchev–Trinajstić information content (AvgIpc) is 1.80. The number of hydrogen-bond donors (Lipinski definition) is 2. The summed E-state index contributed by atoms with van der Waals surface area (Å²) in [6.07, 6.45) is 1.01. The van der Waals surface area contributed by atoms with Gasteiger partial charge in [0.15, 0.2) is 0 Å². The number of sulfonamides is 1. The number of rotatable bonds is 4. The van der Waals surface area contributed by atoms with Gasteiger partial charge in [-0.05, 0) is 27.7 Å². The molecule has 0 rings (SSSR count). The highest BCUT2D eigenvalue weighted by molar-refractivity contribution is 7.88. The minimum Gasteiger partial charge on any atom is -0.481 e. The predicted octanol–water partition coefficient (Wildman–Crippen LogP) is 0.425. The number of nitrogens with one attached hydrogen (secondary N) is 1. The van der Waals surface area contributed by atoms with E-state index in [9.17, 15) is 13.2 Å². The Morgan fingerprint density at radius 1 is 1.21 bits per heavy atom. The van der Waals surface area contributed by atoms with Gasteiger partial charge in [0, 0.05) is 5.54 Å². The van der Waals surface area contributed by atoms with Crippen molar-refractivity contribution in [3.8, 4) is 0 Å². The summed E-state index contributed by atoms with van der Waals surface area (Å²) >= 11 is 0. The van der Waals surface area contributed by atoms with Crippen LogP contribution in [0, 0.1) is 5.41 Å². The molecule has 5 nitrogen and oxygen atoms in total. The molecule has 0 aromatic rings. The molecule has 0 fully saturated rings. The van der Waals surface area contributed by atoms with Crippen molar-refractivity contribution in [1.82, 2.24) is 4.72 Å². The van der Waals surface area contributed by atoms with Gasteiger partial charge in [-0.1, -0.05) is 0 Å². The molecular formula is C8H17NO4S.